The minimum Gasteiger partial charge on any atom is -0.496 e. The monoisotopic (exact) mass is 419 g/mol. The van der Waals surface area contributed by atoms with Gasteiger partial charge in [0, 0.05) is 10.6 Å². The van der Waals surface area contributed by atoms with E-state index >= 15 is 0 Å². The van der Waals surface area contributed by atoms with E-state index < -0.39 is 5.97 Å². The molecule has 0 bridgehead atoms. The summed E-state index contributed by atoms with van der Waals surface area (Å²) >= 11 is 1.72. The molecule has 0 N–H and O–H groups in total. The van der Waals surface area contributed by atoms with Gasteiger partial charge in [0.05, 0.1) is 18.8 Å². The van der Waals surface area contributed by atoms with Crippen LogP contribution in [0.15, 0.2) is 83.8 Å². The zero-order valence-corrected chi connectivity index (χ0v) is 17.3. The molecule has 1 amide bonds. The molecule has 4 rings (SSSR count). The zero-order chi connectivity index (χ0) is 20.9. The Kier molecular flexibility index (Phi) is 6.05. The van der Waals surface area contributed by atoms with Gasteiger partial charge in [-0.2, -0.15) is 0 Å². The third-order valence-electron chi connectivity index (χ3n) is 4.94. The molecule has 1 heterocycles. The molecule has 0 fully saturated rings. The Morgan fingerprint density at radius 3 is 2.47 bits per heavy atom. The van der Waals surface area contributed by atoms with Crippen LogP contribution in [0.25, 0.3) is 0 Å². The van der Waals surface area contributed by atoms with Crippen molar-refractivity contribution in [3.63, 3.8) is 0 Å². The summed E-state index contributed by atoms with van der Waals surface area (Å²) in [5.74, 6) is 0.293. The fraction of sp³-hybridized carbons (Fsp3) is 0.167. The summed E-state index contributed by atoms with van der Waals surface area (Å²) in [4.78, 5) is 28.6. The minimum atomic E-state index is -0.586. The smallest absolute Gasteiger partial charge is 0.342 e. The van der Waals surface area contributed by atoms with Crippen LogP contribution in [0.2, 0.25) is 0 Å². The molecule has 0 saturated heterocycles. The molecule has 0 saturated carbocycles. The van der Waals surface area contributed by atoms with Crippen LogP contribution in [0.5, 0.6) is 5.75 Å². The lowest BCUT2D eigenvalue weighted by Gasteiger charge is -2.37. The number of anilines is 1. The molecule has 0 aliphatic carbocycles. The number of carbonyl (C=O) groups excluding carboxylic acids is 2. The maximum atomic E-state index is 13.2. The highest BCUT2D eigenvalue weighted by Crippen LogP contribution is 2.43. The highest BCUT2D eigenvalue weighted by atomic mass is 32.2. The molecule has 1 atom stereocenters. The molecule has 3 aromatic rings. The lowest BCUT2D eigenvalue weighted by molar-refractivity contribution is -0.122. The number of thioether (sulfide) groups is 1. The Morgan fingerprint density at radius 1 is 0.967 bits per heavy atom. The van der Waals surface area contributed by atoms with E-state index in [9.17, 15) is 9.59 Å². The van der Waals surface area contributed by atoms with Gasteiger partial charge in [-0.1, -0.05) is 54.6 Å². The van der Waals surface area contributed by atoms with Crippen LogP contribution in [0.3, 0.4) is 0 Å². The van der Waals surface area contributed by atoms with Crippen molar-refractivity contribution in [3.8, 4) is 5.75 Å². The Balaban J connectivity index is 1.57. The standard InChI is InChI=1S/C24H21NO4S/c1-28-21-13-7-5-11-18(21)24(27)29-15-23(26)25-19-12-6-8-14-22(19)30-16-20(25)17-9-3-2-4-10-17/h2-14,20H,15-16H2,1H3/t20-/m1/s1. The van der Waals surface area contributed by atoms with E-state index in [1.807, 2.05) is 54.6 Å². The van der Waals surface area contributed by atoms with Gasteiger partial charge in [0.1, 0.15) is 11.3 Å². The molecule has 1 aliphatic heterocycles. The van der Waals surface area contributed by atoms with Gasteiger partial charge < -0.3 is 9.47 Å². The van der Waals surface area contributed by atoms with Crippen LogP contribution in [0.4, 0.5) is 5.69 Å². The van der Waals surface area contributed by atoms with Crippen molar-refractivity contribution in [1.82, 2.24) is 0 Å². The lowest BCUT2D eigenvalue weighted by atomic mass is 10.1. The van der Waals surface area contributed by atoms with Crippen LogP contribution in [-0.2, 0) is 9.53 Å². The highest BCUT2D eigenvalue weighted by molar-refractivity contribution is 7.99. The topological polar surface area (TPSA) is 55.8 Å². The van der Waals surface area contributed by atoms with E-state index in [-0.39, 0.29) is 18.6 Å². The molecule has 30 heavy (non-hydrogen) atoms. The molecule has 0 radical (unpaired) electrons. The fourth-order valence-corrected chi connectivity index (χ4v) is 4.67. The van der Waals surface area contributed by atoms with Gasteiger partial charge in [-0.3, -0.25) is 9.69 Å². The summed E-state index contributed by atoms with van der Waals surface area (Å²) in [6, 6.07) is 24.4. The first-order valence-electron chi connectivity index (χ1n) is 9.58. The van der Waals surface area contributed by atoms with Gasteiger partial charge in [0.25, 0.3) is 5.91 Å². The number of amides is 1. The Bertz CT molecular complexity index is 1050. The van der Waals surface area contributed by atoms with E-state index in [0.29, 0.717) is 11.3 Å². The van der Waals surface area contributed by atoms with E-state index in [2.05, 4.69) is 0 Å². The van der Waals surface area contributed by atoms with Gasteiger partial charge in [0.15, 0.2) is 6.61 Å². The maximum absolute atomic E-state index is 13.2. The number of rotatable bonds is 5. The number of ether oxygens (including phenoxy) is 2. The number of carbonyl (C=O) groups is 2. The van der Waals surface area contributed by atoms with Crippen LogP contribution >= 0.6 is 11.8 Å². The third-order valence-corrected chi connectivity index (χ3v) is 6.08. The lowest BCUT2D eigenvalue weighted by Crippen LogP contribution is -2.41. The Labute approximate surface area is 179 Å². The number of hydrogen-bond acceptors (Lipinski definition) is 5. The fourth-order valence-electron chi connectivity index (χ4n) is 3.51. The molecule has 0 aromatic heterocycles. The molecule has 3 aromatic carbocycles. The third kappa shape index (κ3) is 4.04. The maximum Gasteiger partial charge on any atom is 0.342 e. The van der Waals surface area contributed by atoms with Crippen molar-refractivity contribution in [3.05, 3.63) is 90.0 Å². The van der Waals surface area contributed by atoms with Gasteiger partial charge >= 0.3 is 5.97 Å². The van der Waals surface area contributed by atoms with Crippen molar-refractivity contribution >= 4 is 29.3 Å². The summed E-state index contributed by atoms with van der Waals surface area (Å²) in [6.07, 6.45) is 0. The average molecular weight is 420 g/mol. The zero-order valence-electron chi connectivity index (χ0n) is 16.5. The van der Waals surface area contributed by atoms with E-state index in [0.717, 1.165) is 21.9 Å². The summed E-state index contributed by atoms with van der Waals surface area (Å²) in [7, 11) is 1.49. The molecule has 5 nitrogen and oxygen atoms in total. The van der Waals surface area contributed by atoms with Crippen molar-refractivity contribution in [2.75, 3.05) is 24.4 Å². The predicted molar refractivity (Wildman–Crippen MR) is 117 cm³/mol. The van der Waals surface area contributed by atoms with E-state index in [1.54, 1.807) is 40.9 Å². The largest absolute Gasteiger partial charge is 0.496 e. The van der Waals surface area contributed by atoms with Gasteiger partial charge in [0.2, 0.25) is 0 Å². The molecular formula is C24H21NO4S. The summed E-state index contributed by atoms with van der Waals surface area (Å²) < 4.78 is 10.6. The second-order valence-corrected chi connectivity index (χ2v) is 7.81. The number of methoxy groups -OCH3 is 1. The number of esters is 1. The quantitative estimate of drug-likeness (QED) is 0.560. The highest BCUT2D eigenvalue weighted by Gasteiger charge is 2.33. The SMILES string of the molecule is COc1ccccc1C(=O)OCC(=O)N1c2ccccc2SC[C@@H]1c1ccccc1. The average Bonchev–Trinajstić information content (AvgIpc) is 2.82. The molecule has 0 spiro atoms. The summed E-state index contributed by atoms with van der Waals surface area (Å²) in [5.41, 5.74) is 2.17. The van der Waals surface area contributed by atoms with Gasteiger partial charge in [-0.15, -0.1) is 11.8 Å². The van der Waals surface area contributed by atoms with Crippen LogP contribution in [-0.4, -0.2) is 31.3 Å². The first kappa shape index (κ1) is 20.0. The number of para-hydroxylation sites is 2. The predicted octanol–water partition coefficient (Wildman–Crippen LogP) is 4.73. The minimum absolute atomic E-state index is 0.136. The Morgan fingerprint density at radius 2 is 1.67 bits per heavy atom. The number of benzene rings is 3. The second-order valence-electron chi connectivity index (χ2n) is 6.75. The van der Waals surface area contributed by atoms with Gasteiger partial charge in [-0.25, -0.2) is 4.79 Å². The number of nitrogens with zero attached hydrogens (tertiary/aromatic N) is 1. The van der Waals surface area contributed by atoms with Crippen molar-refractivity contribution in [2.45, 2.75) is 10.9 Å². The first-order valence-corrected chi connectivity index (χ1v) is 10.6. The van der Waals surface area contributed by atoms with Crippen molar-refractivity contribution < 1.29 is 19.1 Å². The summed E-state index contributed by atoms with van der Waals surface area (Å²) in [5, 5.41) is 0. The molecule has 1 aliphatic rings. The van der Waals surface area contributed by atoms with Gasteiger partial charge in [-0.05, 0) is 29.8 Å². The normalized spacial score (nSPS) is 15.2. The molecule has 0 unspecified atom stereocenters. The van der Waals surface area contributed by atoms with E-state index in [4.69, 9.17) is 9.47 Å². The number of hydrogen-bond donors (Lipinski definition) is 0. The van der Waals surface area contributed by atoms with Crippen LogP contribution in [0.1, 0.15) is 22.0 Å². The van der Waals surface area contributed by atoms with Crippen LogP contribution < -0.4 is 9.64 Å². The summed E-state index contributed by atoms with van der Waals surface area (Å²) in [6.45, 7) is -0.348. The second kappa shape index (κ2) is 9.05. The molecule has 152 valence electrons. The van der Waals surface area contributed by atoms with Crippen molar-refractivity contribution in [1.29, 1.82) is 0 Å². The Hall–Kier alpha value is -3.25. The van der Waals surface area contributed by atoms with E-state index in [1.165, 1.54) is 7.11 Å². The molecule has 6 heteroatoms. The first-order chi connectivity index (χ1) is 14.7. The van der Waals surface area contributed by atoms with Crippen LogP contribution in [0, 0.1) is 0 Å². The number of fused-ring (bicyclic) bond motifs is 1. The van der Waals surface area contributed by atoms with Crippen molar-refractivity contribution in [2.24, 2.45) is 0 Å². The molecular weight excluding hydrogens is 398 g/mol.